The van der Waals surface area contributed by atoms with Gasteiger partial charge in [0.15, 0.2) is 0 Å². The minimum atomic E-state index is -0.743. The van der Waals surface area contributed by atoms with Gasteiger partial charge in [-0.2, -0.15) is 0 Å². The van der Waals surface area contributed by atoms with E-state index in [4.69, 9.17) is 6.42 Å². The van der Waals surface area contributed by atoms with Crippen molar-refractivity contribution in [1.82, 2.24) is 0 Å². The van der Waals surface area contributed by atoms with Crippen LogP contribution in [0.1, 0.15) is 128 Å². The molecule has 0 spiro atoms. The summed E-state index contributed by atoms with van der Waals surface area (Å²) in [6.45, 7) is 0. The fourth-order valence-corrected chi connectivity index (χ4v) is 15.8. The first-order valence-electron chi connectivity index (χ1n) is 28.2. The van der Waals surface area contributed by atoms with Crippen molar-refractivity contribution in [2.45, 2.75) is 33.0 Å². The van der Waals surface area contributed by atoms with Crippen LogP contribution in [0.4, 0.5) is 0 Å². The van der Waals surface area contributed by atoms with Crippen LogP contribution in [-0.2, 0) is 27.1 Å². The summed E-state index contributed by atoms with van der Waals surface area (Å²) in [5.41, 5.74) is 22.0. The Morgan fingerprint density at radius 1 is 0.207 bits per heavy atom. The summed E-state index contributed by atoms with van der Waals surface area (Å²) in [7, 11) is 0. The Labute approximate surface area is 479 Å². The highest BCUT2D eigenvalue weighted by molar-refractivity contribution is 5.84. The van der Waals surface area contributed by atoms with Crippen molar-refractivity contribution in [1.29, 1.82) is 0 Å². The maximum Gasteiger partial charge on any atom is 0.108 e. The molecule has 0 atom stereocenters. The van der Waals surface area contributed by atoms with Gasteiger partial charge in [0.25, 0.3) is 0 Å². The second-order valence-corrected chi connectivity index (χ2v) is 22.5. The molecule has 0 heteroatoms. The van der Waals surface area contributed by atoms with Crippen LogP contribution in [0.15, 0.2) is 267 Å². The SMILES string of the molecule is C#CC12c3ccccc3C(C#Cc3ccc(C#CC45c6ccccc6C(C#Cc6ccc(C#CC78c9ccccc9C(c9ccccc97)c7ccccc78)cc6)(c6ccccc64)c4ccccc45)cc3)(c3ccccc31)c1ccccc12. The van der Waals surface area contributed by atoms with E-state index in [0.29, 0.717) is 0 Å². The highest BCUT2D eigenvalue weighted by atomic mass is 14.6. The summed E-state index contributed by atoms with van der Waals surface area (Å²) < 4.78 is 0. The maximum absolute atomic E-state index is 6.59. The van der Waals surface area contributed by atoms with Gasteiger partial charge < -0.3 is 0 Å². The molecule has 0 saturated heterocycles. The van der Waals surface area contributed by atoms with Crippen molar-refractivity contribution in [2.24, 2.45) is 0 Å². The second-order valence-electron chi connectivity index (χ2n) is 22.5. The number of hydrogen-bond acceptors (Lipinski definition) is 0. The van der Waals surface area contributed by atoms with Crippen LogP contribution < -0.4 is 0 Å². The fourth-order valence-electron chi connectivity index (χ4n) is 15.8. The molecule has 0 unspecified atom stereocenters. The van der Waals surface area contributed by atoms with E-state index in [9.17, 15) is 0 Å². The van der Waals surface area contributed by atoms with Gasteiger partial charge in [-0.15, -0.1) is 6.42 Å². The van der Waals surface area contributed by atoms with Crippen molar-refractivity contribution in [3.63, 3.8) is 0 Å². The standard InChI is InChI=1S/C82H46/c1-2-78-65-27-9-12-30-68(65)80(69-31-13-10-28-66(69)78,70-32-14-11-29-67(70)78)52-48-56-43-45-58(46-44-56)50-54-82-74-36-18-15-33-71(74)81(72-34-16-19-37-75(72)82,73-35-17-20-38-76(73)82)53-49-57-41-39-55(40-42-57)47-51-79-62-24-6-3-21-59(62)77(60-22-4-7-25-63(60)79)61-23-5-8-26-64(61)79/h1,3-46,77H. The lowest BCUT2D eigenvalue weighted by molar-refractivity contribution is 0.605. The van der Waals surface area contributed by atoms with Crippen LogP contribution >= 0.6 is 0 Å². The topological polar surface area (TPSA) is 0 Å². The summed E-state index contributed by atoms with van der Waals surface area (Å²) in [6, 6.07) is 96.1. The quantitative estimate of drug-likeness (QED) is 0.133. The molecule has 9 aliphatic carbocycles. The van der Waals surface area contributed by atoms with Crippen LogP contribution in [0.5, 0.6) is 0 Å². The minimum Gasteiger partial charge on any atom is -0.118 e. The molecule has 0 saturated carbocycles. The molecule has 0 aromatic heterocycles. The molecule has 0 heterocycles. The van der Waals surface area contributed by atoms with Crippen molar-refractivity contribution in [2.75, 3.05) is 0 Å². The number of rotatable bonds is 0. The molecule has 0 radical (unpaired) electrons. The first kappa shape index (κ1) is 46.2. The van der Waals surface area contributed by atoms with Crippen molar-refractivity contribution in [3.8, 4) is 59.7 Å². The monoisotopic (exact) mass is 1030 g/mol. The molecule has 11 aromatic carbocycles. The van der Waals surface area contributed by atoms with E-state index in [2.05, 4.69) is 320 Å². The Hall–Kier alpha value is -10.8. The molecule has 374 valence electrons. The van der Waals surface area contributed by atoms with E-state index in [1.54, 1.807) is 0 Å². The Balaban J connectivity index is 0.737. The summed E-state index contributed by atoms with van der Waals surface area (Å²) in [6.07, 6.45) is 6.59. The molecular weight excluding hydrogens is 985 g/mol. The zero-order valence-corrected chi connectivity index (χ0v) is 44.6. The third-order valence-corrected chi connectivity index (χ3v) is 19.0. The normalized spacial score (nSPS) is 22.6. The summed E-state index contributed by atoms with van der Waals surface area (Å²) in [5, 5.41) is 0. The highest BCUT2D eigenvalue weighted by Gasteiger charge is 2.60. The fraction of sp³-hybridized carbons (Fsp3) is 0.0732. The highest BCUT2D eigenvalue weighted by Crippen LogP contribution is 2.64. The molecular formula is C82H46. The number of hydrogen-bond donors (Lipinski definition) is 0. The van der Waals surface area contributed by atoms with Crippen LogP contribution in [0.2, 0.25) is 0 Å². The molecule has 0 amide bonds. The summed E-state index contributed by atoms with van der Waals surface area (Å²) in [5.74, 6) is 34.1. The van der Waals surface area contributed by atoms with Crippen LogP contribution in [0.25, 0.3) is 0 Å². The largest absolute Gasteiger partial charge is 0.118 e. The van der Waals surface area contributed by atoms with E-state index in [0.717, 1.165) is 72.3 Å². The maximum atomic E-state index is 6.59. The first-order valence-corrected chi connectivity index (χ1v) is 28.2. The number of benzene rings is 11. The third-order valence-electron chi connectivity index (χ3n) is 19.0. The molecule has 0 nitrogen and oxygen atoms in total. The molecule has 82 heavy (non-hydrogen) atoms. The van der Waals surface area contributed by atoms with Crippen molar-refractivity contribution in [3.05, 3.63) is 389 Å². The van der Waals surface area contributed by atoms with Crippen molar-refractivity contribution < 1.29 is 0 Å². The third kappa shape index (κ3) is 5.72. The van der Waals surface area contributed by atoms with Gasteiger partial charge in [-0.3, -0.25) is 0 Å². The minimum absolute atomic E-state index is 0.204. The smallest absolute Gasteiger partial charge is 0.108 e. The van der Waals surface area contributed by atoms with Gasteiger partial charge in [-0.05, 0) is 149 Å². The van der Waals surface area contributed by atoms with Crippen LogP contribution in [0.3, 0.4) is 0 Å². The average Bonchev–Trinajstić information content (AvgIpc) is 0.843. The summed E-state index contributed by atoms with van der Waals surface area (Å²) in [4.78, 5) is 0. The molecule has 0 N–H and O–H groups in total. The van der Waals surface area contributed by atoms with Gasteiger partial charge in [-0.25, -0.2) is 0 Å². The van der Waals surface area contributed by atoms with Gasteiger partial charge in [0, 0.05) is 28.2 Å². The Kier molecular flexibility index (Phi) is 9.50. The molecule has 20 rings (SSSR count). The zero-order chi connectivity index (χ0) is 54.3. The second kappa shape index (κ2) is 16.9. The molecule has 9 aliphatic rings. The molecule has 0 fully saturated rings. The predicted octanol–water partition coefficient (Wildman–Crippen LogP) is 15.3. The lowest BCUT2D eigenvalue weighted by atomic mass is 9.47. The van der Waals surface area contributed by atoms with E-state index >= 15 is 0 Å². The van der Waals surface area contributed by atoms with Gasteiger partial charge in [0.05, 0.1) is 0 Å². The molecule has 0 aliphatic heterocycles. The van der Waals surface area contributed by atoms with Gasteiger partial charge >= 0.3 is 0 Å². The first-order chi connectivity index (χ1) is 40.6. The van der Waals surface area contributed by atoms with E-state index in [1.807, 2.05) is 0 Å². The lowest BCUT2D eigenvalue weighted by Crippen LogP contribution is -2.49. The van der Waals surface area contributed by atoms with E-state index in [-0.39, 0.29) is 5.92 Å². The summed E-state index contributed by atoms with van der Waals surface area (Å²) >= 11 is 0. The molecule has 6 bridgehead atoms. The van der Waals surface area contributed by atoms with Gasteiger partial charge in [0.2, 0.25) is 0 Å². The van der Waals surface area contributed by atoms with Crippen LogP contribution in [0, 0.1) is 59.7 Å². The number of terminal acetylenes is 1. The molecule has 11 aromatic rings. The van der Waals surface area contributed by atoms with E-state index < -0.39 is 27.1 Å². The van der Waals surface area contributed by atoms with Gasteiger partial charge in [-0.1, -0.05) is 272 Å². The van der Waals surface area contributed by atoms with E-state index in [1.165, 1.54) is 50.1 Å². The zero-order valence-electron chi connectivity index (χ0n) is 44.6. The van der Waals surface area contributed by atoms with Gasteiger partial charge in [0.1, 0.15) is 27.1 Å². The Morgan fingerprint density at radius 3 is 0.585 bits per heavy atom. The van der Waals surface area contributed by atoms with Crippen LogP contribution in [-0.4, -0.2) is 0 Å². The van der Waals surface area contributed by atoms with Crippen molar-refractivity contribution >= 4 is 0 Å². The Bertz CT molecular complexity index is 4570. The average molecular weight is 1030 g/mol. The lowest BCUT2D eigenvalue weighted by Gasteiger charge is -2.52. The Morgan fingerprint density at radius 2 is 0.378 bits per heavy atom. The predicted molar refractivity (Wildman–Crippen MR) is 328 cm³/mol.